The summed E-state index contributed by atoms with van der Waals surface area (Å²) in [7, 11) is 0. The van der Waals surface area contributed by atoms with E-state index in [0.29, 0.717) is 0 Å². The predicted molar refractivity (Wildman–Crippen MR) is 61.5 cm³/mol. The molecule has 0 aliphatic carbocycles. The van der Waals surface area contributed by atoms with Gasteiger partial charge in [0.15, 0.2) is 0 Å². The zero-order chi connectivity index (χ0) is 14.0. The van der Waals surface area contributed by atoms with Crippen LogP contribution in [0.15, 0.2) is 24.3 Å². The first-order valence-corrected chi connectivity index (χ1v) is 5.65. The number of hydrogen-bond donors (Lipinski definition) is 0. The SMILES string of the molecule is CCOC(=O)C1=CCOc2ccc(C(F)(F)F)cc21. The van der Waals surface area contributed by atoms with Crippen LogP contribution >= 0.6 is 0 Å². The molecule has 0 saturated heterocycles. The Bertz CT molecular complexity index is 532. The standard InChI is InChI=1S/C13H11F3O3/c1-2-18-12(17)9-5-6-19-11-4-3-8(7-10(9)11)13(14,15)16/h3-5,7H,2,6H2,1H3. The Labute approximate surface area is 107 Å². The predicted octanol–water partition coefficient (Wildman–Crippen LogP) is 3.04. The monoisotopic (exact) mass is 272 g/mol. The molecule has 102 valence electrons. The summed E-state index contributed by atoms with van der Waals surface area (Å²) in [4.78, 5) is 11.7. The number of hydrogen-bond acceptors (Lipinski definition) is 3. The van der Waals surface area contributed by atoms with E-state index in [2.05, 4.69) is 0 Å². The van der Waals surface area contributed by atoms with Crippen LogP contribution in [-0.4, -0.2) is 19.2 Å². The van der Waals surface area contributed by atoms with E-state index in [4.69, 9.17) is 9.47 Å². The van der Waals surface area contributed by atoms with Gasteiger partial charge < -0.3 is 9.47 Å². The summed E-state index contributed by atoms with van der Waals surface area (Å²) >= 11 is 0. The smallest absolute Gasteiger partial charge is 0.416 e. The number of benzene rings is 1. The fourth-order valence-corrected chi connectivity index (χ4v) is 1.77. The quantitative estimate of drug-likeness (QED) is 0.776. The summed E-state index contributed by atoms with van der Waals surface area (Å²) in [5.41, 5.74) is -0.610. The second-order valence-electron chi connectivity index (χ2n) is 3.86. The average Bonchev–Trinajstić information content (AvgIpc) is 2.36. The maximum absolute atomic E-state index is 12.7. The van der Waals surface area contributed by atoms with Crippen molar-refractivity contribution in [3.05, 3.63) is 35.4 Å². The zero-order valence-electron chi connectivity index (χ0n) is 10.1. The lowest BCUT2D eigenvalue weighted by atomic mass is 10.00. The highest BCUT2D eigenvalue weighted by Gasteiger charge is 2.32. The van der Waals surface area contributed by atoms with Crippen LogP contribution in [0.5, 0.6) is 5.75 Å². The van der Waals surface area contributed by atoms with Crippen molar-refractivity contribution in [2.24, 2.45) is 0 Å². The van der Waals surface area contributed by atoms with E-state index in [1.54, 1.807) is 6.92 Å². The van der Waals surface area contributed by atoms with E-state index in [0.717, 1.165) is 12.1 Å². The third-order valence-corrected chi connectivity index (χ3v) is 2.62. The van der Waals surface area contributed by atoms with E-state index in [9.17, 15) is 18.0 Å². The van der Waals surface area contributed by atoms with Crippen molar-refractivity contribution in [2.75, 3.05) is 13.2 Å². The summed E-state index contributed by atoms with van der Waals surface area (Å²) in [6.45, 7) is 1.92. The van der Waals surface area contributed by atoms with Crippen molar-refractivity contribution in [1.82, 2.24) is 0 Å². The van der Waals surface area contributed by atoms with Crippen LogP contribution in [0.4, 0.5) is 13.2 Å². The molecule has 1 aromatic rings. The molecule has 3 nitrogen and oxygen atoms in total. The Kier molecular flexibility index (Phi) is 3.50. The number of esters is 1. The lowest BCUT2D eigenvalue weighted by molar-refractivity contribution is -0.138. The second kappa shape index (κ2) is 4.95. The molecule has 1 aromatic carbocycles. The van der Waals surface area contributed by atoms with E-state index >= 15 is 0 Å². The van der Waals surface area contributed by atoms with Crippen molar-refractivity contribution in [3.63, 3.8) is 0 Å². The fraction of sp³-hybridized carbons (Fsp3) is 0.308. The van der Waals surface area contributed by atoms with Crippen LogP contribution in [0.25, 0.3) is 5.57 Å². The maximum Gasteiger partial charge on any atom is 0.416 e. The minimum Gasteiger partial charge on any atom is -0.489 e. The van der Waals surface area contributed by atoms with Crippen molar-refractivity contribution in [3.8, 4) is 5.75 Å². The summed E-state index contributed by atoms with van der Waals surface area (Å²) in [5, 5.41) is 0. The molecule has 0 fully saturated rings. The van der Waals surface area contributed by atoms with E-state index in [-0.39, 0.29) is 30.1 Å². The molecule has 0 N–H and O–H groups in total. The number of fused-ring (bicyclic) bond motifs is 1. The largest absolute Gasteiger partial charge is 0.489 e. The van der Waals surface area contributed by atoms with Gasteiger partial charge in [0.25, 0.3) is 0 Å². The van der Waals surface area contributed by atoms with Gasteiger partial charge >= 0.3 is 12.1 Å². The van der Waals surface area contributed by atoms with Gasteiger partial charge in [-0.25, -0.2) is 4.79 Å². The molecule has 0 atom stereocenters. The van der Waals surface area contributed by atoms with E-state index < -0.39 is 17.7 Å². The van der Waals surface area contributed by atoms with Gasteiger partial charge in [-0.1, -0.05) is 0 Å². The van der Waals surface area contributed by atoms with E-state index in [1.807, 2.05) is 0 Å². The van der Waals surface area contributed by atoms with Crippen LogP contribution in [0.3, 0.4) is 0 Å². The van der Waals surface area contributed by atoms with Gasteiger partial charge in [0.2, 0.25) is 0 Å². The molecule has 0 saturated carbocycles. The van der Waals surface area contributed by atoms with Crippen molar-refractivity contribution >= 4 is 11.5 Å². The Balaban J connectivity index is 2.44. The molecule has 19 heavy (non-hydrogen) atoms. The number of carbonyl (C=O) groups excluding carboxylic acids is 1. The van der Waals surface area contributed by atoms with Crippen LogP contribution < -0.4 is 4.74 Å². The maximum atomic E-state index is 12.7. The molecule has 6 heteroatoms. The third-order valence-electron chi connectivity index (χ3n) is 2.62. The van der Waals surface area contributed by atoms with Crippen LogP contribution in [0.2, 0.25) is 0 Å². The van der Waals surface area contributed by atoms with Crippen LogP contribution in [-0.2, 0) is 15.7 Å². The van der Waals surface area contributed by atoms with Gasteiger partial charge in [-0.2, -0.15) is 13.2 Å². The Morgan fingerprint density at radius 2 is 2.16 bits per heavy atom. The highest BCUT2D eigenvalue weighted by atomic mass is 19.4. The molecule has 0 spiro atoms. The molecule has 0 radical (unpaired) electrons. The summed E-state index contributed by atoms with van der Waals surface area (Å²) in [6, 6.07) is 3.04. The summed E-state index contributed by atoms with van der Waals surface area (Å²) < 4.78 is 48.0. The molecule has 1 aliphatic rings. The Hall–Kier alpha value is -1.98. The van der Waals surface area contributed by atoms with Gasteiger partial charge in [-0.3, -0.25) is 0 Å². The van der Waals surface area contributed by atoms with Crippen LogP contribution in [0, 0.1) is 0 Å². The zero-order valence-corrected chi connectivity index (χ0v) is 10.1. The minimum atomic E-state index is -4.47. The van der Waals surface area contributed by atoms with Gasteiger partial charge in [0.05, 0.1) is 17.7 Å². The molecule has 1 aliphatic heterocycles. The number of alkyl halides is 3. The lowest BCUT2D eigenvalue weighted by Gasteiger charge is -2.19. The fourth-order valence-electron chi connectivity index (χ4n) is 1.77. The Morgan fingerprint density at radius 1 is 1.42 bits per heavy atom. The normalized spacial score (nSPS) is 14.2. The minimum absolute atomic E-state index is 0.106. The number of halogens is 3. The number of ether oxygens (including phenoxy) is 2. The van der Waals surface area contributed by atoms with Gasteiger partial charge in [-0.15, -0.1) is 0 Å². The second-order valence-corrected chi connectivity index (χ2v) is 3.86. The molecular formula is C13H11F3O3. The number of carbonyl (C=O) groups is 1. The van der Waals surface area contributed by atoms with E-state index in [1.165, 1.54) is 12.1 Å². The van der Waals surface area contributed by atoms with Gasteiger partial charge in [0.1, 0.15) is 12.4 Å². The van der Waals surface area contributed by atoms with Crippen molar-refractivity contribution in [2.45, 2.75) is 13.1 Å². The van der Waals surface area contributed by atoms with Gasteiger partial charge in [-0.05, 0) is 31.2 Å². The molecular weight excluding hydrogens is 261 g/mol. The topological polar surface area (TPSA) is 35.5 Å². The van der Waals surface area contributed by atoms with Crippen molar-refractivity contribution < 1.29 is 27.4 Å². The van der Waals surface area contributed by atoms with Crippen molar-refractivity contribution in [1.29, 1.82) is 0 Å². The molecule has 0 bridgehead atoms. The Morgan fingerprint density at radius 3 is 2.79 bits per heavy atom. The first-order chi connectivity index (χ1) is 8.93. The highest BCUT2D eigenvalue weighted by Crippen LogP contribution is 2.37. The number of rotatable bonds is 2. The first kappa shape index (κ1) is 13.5. The molecule has 0 amide bonds. The molecule has 2 rings (SSSR count). The third kappa shape index (κ3) is 2.72. The highest BCUT2D eigenvalue weighted by molar-refractivity contribution is 6.17. The lowest BCUT2D eigenvalue weighted by Crippen LogP contribution is -2.15. The molecule has 0 unspecified atom stereocenters. The summed E-state index contributed by atoms with van der Waals surface area (Å²) in [5.74, 6) is -0.398. The van der Waals surface area contributed by atoms with Gasteiger partial charge in [0, 0.05) is 5.56 Å². The molecule has 0 aromatic heterocycles. The average molecular weight is 272 g/mol. The molecule has 1 heterocycles. The first-order valence-electron chi connectivity index (χ1n) is 5.65. The summed E-state index contributed by atoms with van der Waals surface area (Å²) in [6.07, 6.45) is -3.05. The van der Waals surface area contributed by atoms with Crippen LogP contribution in [0.1, 0.15) is 18.1 Å².